The normalized spacial score (nSPS) is 22.2. The zero-order valence-electron chi connectivity index (χ0n) is 26.7. The number of ether oxygens (including phenoxy) is 2. The quantitative estimate of drug-likeness (QED) is 0.210. The molecule has 0 saturated carbocycles. The van der Waals surface area contributed by atoms with E-state index in [0.29, 0.717) is 46.3 Å². The Morgan fingerprint density at radius 1 is 1.11 bits per heavy atom. The minimum absolute atomic E-state index is 0.00567. The highest BCUT2D eigenvalue weighted by molar-refractivity contribution is 7.90. The fourth-order valence-corrected chi connectivity index (χ4v) is 7.73. The largest absolute Gasteiger partial charge is 0.494 e. The van der Waals surface area contributed by atoms with Crippen LogP contribution in [0.4, 0.5) is 15.8 Å². The fourth-order valence-electron chi connectivity index (χ4n) is 6.74. The Labute approximate surface area is 284 Å². The second-order valence-corrected chi connectivity index (χ2v) is 16.4. The van der Waals surface area contributed by atoms with E-state index in [1.54, 1.807) is 48.5 Å². The predicted octanol–water partition coefficient (Wildman–Crippen LogP) is 6.34. The van der Waals surface area contributed by atoms with Crippen LogP contribution in [0.3, 0.4) is 0 Å². The Morgan fingerprint density at radius 2 is 1.85 bits per heavy atom. The molecule has 1 saturated heterocycles. The highest BCUT2D eigenvalue weighted by Gasteiger charge is 2.66. The van der Waals surface area contributed by atoms with E-state index in [9.17, 15) is 18.0 Å². The topological polar surface area (TPSA) is 123 Å². The Morgan fingerprint density at radius 3 is 2.53 bits per heavy atom. The van der Waals surface area contributed by atoms with Gasteiger partial charge in [0.25, 0.3) is 0 Å². The van der Waals surface area contributed by atoms with Crippen molar-refractivity contribution in [3.8, 4) is 11.5 Å². The molecule has 5 rings (SSSR count). The molecule has 0 aliphatic carbocycles. The Kier molecular flexibility index (Phi) is 9.86. The highest BCUT2D eigenvalue weighted by atomic mass is 35.5. The van der Waals surface area contributed by atoms with Crippen LogP contribution in [0.25, 0.3) is 0 Å². The number of benzene rings is 3. The monoisotopic (exact) mass is 705 g/mol. The number of carbonyl (C=O) groups is 2. The van der Waals surface area contributed by atoms with Gasteiger partial charge in [-0.25, -0.2) is 12.8 Å². The first-order chi connectivity index (χ1) is 22.0. The molecule has 252 valence electrons. The van der Waals surface area contributed by atoms with Crippen LogP contribution in [-0.2, 0) is 24.8 Å². The molecule has 1 unspecified atom stereocenters. The molecule has 9 nitrogen and oxygen atoms in total. The molecule has 13 heteroatoms. The van der Waals surface area contributed by atoms with E-state index >= 15 is 4.39 Å². The van der Waals surface area contributed by atoms with Crippen LogP contribution in [0.15, 0.2) is 54.6 Å². The molecule has 3 aromatic rings. The Hall–Kier alpha value is -3.38. The maximum absolute atomic E-state index is 16.0. The number of anilines is 2. The van der Waals surface area contributed by atoms with Crippen LogP contribution in [-0.4, -0.2) is 58.0 Å². The minimum Gasteiger partial charge on any atom is -0.494 e. The molecule has 3 aromatic carbocycles. The molecule has 1 fully saturated rings. The lowest BCUT2D eigenvalue weighted by Crippen LogP contribution is -2.49. The summed E-state index contributed by atoms with van der Waals surface area (Å²) < 4.78 is 50.1. The minimum atomic E-state index is -3.11. The molecule has 2 aliphatic rings. The maximum Gasteiger partial charge on any atom is 0.242 e. The van der Waals surface area contributed by atoms with Gasteiger partial charge in [-0.2, -0.15) is 0 Å². The lowest BCUT2D eigenvalue weighted by atomic mass is 9.62. The average Bonchev–Trinajstić information content (AvgIpc) is 3.45. The summed E-state index contributed by atoms with van der Waals surface area (Å²) in [6, 6.07) is 12.8. The third-order valence-electron chi connectivity index (χ3n) is 8.58. The standard InChI is InChI=1S/C34H38Cl2FN3O6S/c1-33(2,3)18-27-34(22-12-10-19(35)16-25(22)39-32(34)42)28(21-8-6-9-23(36)29(21)37)30(40-27)31(41)38-24-13-11-20(17-26(24)45-4)46-14-7-15-47(5,43)44/h6,8-13,16-17,27-28,30,40H,7,14-15,18H2,1-5H3,(H,38,41)(H,39,42)/t27-,28+,30+,34?/m0/s1. The second-order valence-electron chi connectivity index (χ2n) is 13.3. The number of methoxy groups -OCH3 is 1. The van der Waals surface area contributed by atoms with Gasteiger partial charge in [0.1, 0.15) is 32.6 Å². The fraction of sp³-hybridized carbons (Fsp3) is 0.412. The number of sulfone groups is 1. The Balaban J connectivity index is 1.56. The van der Waals surface area contributed by atoms with Crippen molar-refractivity contribution in [2.75, 3.05) is 36.4 Å². The number of carbonyl (C=O) groups excluding carboxylic acids is 2. The molecule has 0 aromatic heterocycles. The number of fused-ring (bicyclic) bond motifs is 2. The van der Waals surface area contributed by atoms with Crippen molar-refractivity contribution in [2.45, 2.75) is 57.0 Å². The highest BCUT2D eigenvalue weighted by Crippen LogP contribution is 2.57. The molecular weight excluding hydrogens is 668 g/mol. The molecule has 0 radical (unpaired) electrons. The summed E-state index contributed by atoms with van der Waals surface area (Å²) in [6.45, 7) is 6.29. The van der Waals surface area contributed by atoms with Gasteiger partial charge in [0.05, 0.1) is 36.2 Å². The number of halogens is 3. The number of amides is 2. The second kappa shape index (κ2) is 13.3. The van der Waals surface area contributed by atoms with Gasteiger partial charge < -0.3 is 25.4 Å². The van der Waals surface area contributed by atoms with Crippen molar-refractivity contribution in [3.63, 3.8) is 0 Å². The van der Waals surface area contributed by atoms with Gasteiger partial charge in [-0.15, -0.1) is 0 Å². The summed E-state index contributed by atoms with van der Waals surface area (Å²) in [5.74, 6) is -1.89. The molecule has 1 spiro atoms. The van der Waals surface area contributed by atoms with Gasteiger partial charge >= 0.3 is 0 Å². The summed E-state index contributed by atoms with van der Waals surface area (Å²) >= 11 is 12.6. The van der Waals surface area contributed by atoms with E-state index in [1.807, 2.05) is 20.8 Å². The third kappa shape index (κ3) is 7.09. The lowest BCUT2D eigenvalue weighted by Gasteiger charge is -2.37. The van der Waals surface area contributed by atoms with E-state index in [0.717, 1.165) is 0 Å². The number of hydrogen-bond donors (Lipinski definition) is 3. The van der Waals surface area contributed by atoms with Crippen molar-refractivity contribution >= 4 is 56.2 Å². The molecule has 2 aliphatic heterocycles. The summed E-state index contributed by atoms with van der Waals surface area (Å²) in [5.41, 5.74) is -0.111. The SMILES string of the molecule is COc1cc(OCCCS(C)(=O)=O)ccc1NC(=O)[C@@H]1N[C@@H](CC(C)(C)C)C2(C(=O)Nc3cc(Cl)ccc32)[C@@H]1c1cccc(Cl)c1F. The molecule has 2 heterocycles. The molecule has 3 N–H and O–H groups in total. The van der Waals surface area contributed by atoms with Crippen molar-refractivity contribution in [3.05, 3.63) is 81.6 Å². The van der Waals surface area contributed by atoms with Gasteiger partial charge in [-0.05, 0) is 59.7 Å². The van der Waals surface area contributed by atoms with Gasteiger partial charge in [0.2, 0.25) is 11.8 Å². The number of hydrogen-bond acceptors (Lipinski definition) is 7. The van der Waals surface area contributed by atoms with Gasteiger partial charge in [0, 0.05) is 35.0 Å². The maximum atomic E-state index is 16.0. The average molecular weight is 707 g/mol. The summed E-state index contributed by atoms with van der Waals surface area (Å²) in [7, 11) is -1.67. The number of rotatable bonds is 10. The number of nitrogens with one attached hydrogen (secondary N) is 3. The van der Waals surface area contributed by atoms with Crippen molar-refractivity contribution in [1.82, 2.24) is 5.32 Å². The van der Waals surface area contributed by atoms with E-state index < -0.39 is 45.0 Å². The van der Waals surface area contributed by atoms with E-state index in [-0.39, 0.29) is 34.3 Å². The van der Waals surface area contributed by atoms with Crippen LogP contribution in [0.1, 0.15) is 50.7 Å². The van der Waals surface area contributed by atoms with E-state index in [2.05, 4.69) is 16.0 Å². The summed E-state index contributed by atoms with van der Waals surface area (Å²) in [4.78, 5) is 28.7. The third-order valence-corrected chi connectivity index (χ3v) is 10.1. The van der Waals surface area contributed by atoms with Gasteiger partial charge in [0.15, 0.2) is 0 Å². The molecule has 0 bridgehead atoms. The molecule has 2 amide bonds. The van der Waals surface area contributed by atoms with Crippen molar-refractivity contribution in [1.29, 1.82) is 0 Å². The smallest absolute Gasteiger partial charge is 0.242 e. The van der Waals surface area contributed by atoms with Crippen LogP contribution >= 0.6 is 23.2 Å². The van der Waals surface area contributed by atoms with Crippen molar-refractivity contribution in [2.24, 2.45) is 5.41 Å². The molecule has 4 atom stereocenters. The first-order valence-electron chi connectivity index (χ1n) is 15.2. The van der Waals surface area contributed by atoms with Gasteiger partial charge in [-0.3, -0.25) is 9.59 Å². The first kappa shape index (κ1) is 34.9. The Bertz CT molecular complexity index is 1820. The van der Waals surface area contributed by atoms with E-state index in [4.69, 9.17) is 32.7 Å². The zero-order valence-corrected chi connectivity index (χ0v) is 29.1. The molecular formula is C34H38Cl2FN3O6S. The lowest BCUT2D eigenvalue weighted by molar-refractivity contribution is -0.122. The van der Waals surface area contributed by atoms with Gasteiger partial charge in [-0.1, -0.05) is 62.2 Å². The first-order valence-corrected chi connectivity index (χ1v) is 18.0. The van der Waals surface area contributed by atoms with Crippen LogP contribution in [0.2, 0.25) is 10.0 Å². The zero-order chi connectivity index (χ0) is 34.3. The van der Waals surface area contributed by atoms with Crippen LogP contribution < -0.4 is 25.4 Å². The summed E-state index contributed by atoms with van der Waals surface area (Å²) in [6.07, 6.45) is 1.95. The van der Waals surface area contributed by atoms with Crippen LogP contribution in [0.5, 0.6) is 11.5 Å². The summed E-state index contributed by atoms with van der Waals surface area (Å²) in [5, 5.41) is 9.63. The van der Waals surface area contributed by atoms with E-state index in [1.165, 1.54) is 19.4 Å². The molecule has 47 heavy (non-hydrogen) atoms. The van der Waals surface area contributed by atoms with Crippen molar-refractivity contribution < 1.29 is 31.9 Å². The van der Waals surface area contributed by atoms with Crippen LogP contribution in [0, 0.1) is 11.2 Å². The predicted molar refractivity (Wildman–Crippen MR) is 182 cm³/mol.